The summed E-state index contributed by atoms with van der Waals surface area (Å²) in [5.74, 6) is 1.82. The lowest BCUT2D eigenvalue weighted by atomic mass is 9.94. The summed E-state index contributed by atoms with van der Waals surface area (Å²) >= 11 is 0. The second-order valence-electron chi connectivity index (χ2n) is 6.18. The molecule has 0 saturated heterocycles. The van der Waals surface area contributed by atoms with Crippen LogP contribution in [0.2, 0.25) is 0 Å². The first-order chi connectivity index (χ1) is 10.3. The molecule has 2 nitrogen and oxygen atoms in total. The molecule has 116 valence electrons. The Hall–Kier alpha value is -1.31. The van der Waals surface area contributed by atoms with Crippen molar-refractivity contribution in [3.8, 4) is 0 Å². The van der Waals surface area contributed by atoms with Crippen LogP contribution in [0, 0.1) is 0 Å². The molecule has 1 aromatic heterocycles. The Morgan fingerprint density at radius 2 is 1.62 bits per heavy atom. The Labute approximate surface area is 129 Å². The van der Waals surface area contributed by atoms with Gasteiger partial charge in [0.2, 0.25) is 0 Å². The van der Waals surface area contributed by atoms with Crippen molar-refractivity contribution in [2.24, 2.45) is 0 Å². The standard InChI is InChI=1S/C19H30N2/c1-3-5-7-8-9-13-16(12-6-4-2)19-20-17-14-10-11-15-18(17)21-19/h10-11,14-16H,3-9,12-13H2,1-2H3,(H,20,21). The molecule has 1 N–H and O–H groups in total. The molecule has 0 bridgehead atoms. The van der Waals surface area contributed by atoms with E-state index in [1.165, 1.54) is 69.1 Å². The lowest BCUT2D eigenvalue weighted by Gasteiger charge is -2.14. The summed E-state index contributed by atoms with van der Waals surface area (Å²) in [6, 6.07) is 8.38. The molecule has 0 radical (unpaired) electrons. The number of rotatable bonds is 10. The third-order valence-electron chi connectivity index (χ3n) is 4.36. The molecular weight excluding hydrogens is 256 g/mol. The summed E-state index contributed by atoms with van der Waals surface area (Å²) in [4.78, 5) is 8.37. The zero-order chi connectivity index (χ0) is 14.9. The Morgan fingerprint density at radius 3 is 2.38 bits per heavy atom. The van der Waals surface area contributed by atoms with Gasteiger partial charge in [0, 0.05) is 5.92 Å². The van der Waals surface area contributed by atoms with Gasteiger partial charge >= 0.3 is 0 Å². The Morgan fingerprint density at radius 1 is 0.905 bits per heavy atom. The molecule has 1 unspecified atom stereocenters. The topological polar surface area (TPSA) is 28.7 Å². The molecule has 1 aromatic carbocycles. The number of nitrogens with zero attached hydrogens (tertiary/aromatic N) is 1. The smallest absolute Gasteiger partial charge is 0.110 e. The maximum absolute atomic E-state index is 4.83. The van der Waals surface area contributed by atoms with E-state index in [0.717, 1.165) is 5.52 Å². The highest BCUT2D eigenvalue weighted by Gasteiger charge is 2.15. The van der Waals surface area contributed by atoms with E-state index in [4.69, 9.17) is 4.98 Å². The zero-order valence-corrected chi connectivity index (χ0v) is 13.7. The van der Waals surface area contributed by atoms with E-state index in [9.17, 15) is 0 Å². The zero-order valence-electron chi connectivity index (χ0n) is 13.7. The van der Waals surface area contributed by atoms with Crippen molar-refractivity contribution in [1.82, 2.24) is 9.97 Å². The molecule has 1 heterocycles. The van der Waals surface area contributed by atoms with E-state index in [1.54, 1.807) is 0 Å². The summed E-state index contributed by atoms with van der Waals surface area (Å²) in [7, 11) is 0. The molecule has 1 atom stereocenters. The summed E-state index contributed by atoms with van der Waals surface area (Å²) in [6.07, 6.45) is 11.9. The molecular formula is C19H30N2. The number of aromatic amines is 1. The molecule has 0 aliphatic rings. The van der Waals surface area contributed by atoms with Crippen molar-refractivity contribution in [2.75, 3.05) is 0 Å². The highest BCUT2D eigenvalue weighted by Crippen LogP contribution is 2.27. The van der Waals surface area contributed by atoms with Crippen LogP contribution in [0.5, 0.6) is 0 Å². The summed E-state index contributed by atoms with van der Waals surface area (Å²) in [5, 5.41) is 0. The number of fused-ring (bicyclic) bond motifs is 1. The van der Waals surface area contributed by atoms with E-state index in [-0.39, 0.29) is 0 Å². The monoisotopic (exact) mass is 286 g/mol. The van der Waals surface area contributed by atoms with Gasteiger partial charge in [0.25, 0.3) is 0 Å². The lowest BCUT2D eigenvalue weighted by Crippen LogP contribution is -2.02. The number of para-hydroxylation sites is 2. The largest absolute Gasteiger partial charge is 0.342 e. The first kappa shape index (κ1) is 16.1. The molecule has 0 aliphatic carbocycles. The predicted molar refractivity (Wildman–Crippen MR) is 91.7 cm³/mol. The minimum atomic E-state index is 0.610. The van der Waals surface area contributed by atoms with Gasteiger partial charge in [-0.15, -0.1) is 0 Å². The normalized spacial score (nSPS) is 12.9. The number of benzene rings is 1. The first-order valence-electron chi connectivity index (χ1n) is 8.79. The number of hydrogen-bond donors (Lipinski definition) is 1. The van der Waals surface area contributed by atoms with Crippen molar-refractivity contribution < 1.29 is 0 Å². The van der Waals surface area contributed by atoms with Gasteiger partial charge in [0.1, 0.15) is 5.82 Å². The molecule has 0 aliphatic heterocycles. The molecule has 21 heavy (non-hydrogen) atoms. The third kappa shape index (κ3) is 4.87. The lowest BCUT2D eigenvalue weighted by molar-refractivity contribution is 0.490. The van der Waals surface area contributed by atoms with Gasteiger partial charge in [-0.3, -0.25) is 0 Å². The van der Waals surface area contributed by atoms with Crippen molar-refractivity contribution in [1.29, 1.82) is 0 Å². The number of imidazole rings is 1. The Kier molecular flexibility index (Phi) is 6.78. The van der Waals surface area contributed by atoms with Crippen molar-refractivity contribution in [3.05, 3.63) is 30.1 Å². The molecule has 0 spiro atoms. The molecule has 0 fully saturated rings. The molecule has 2 heteroatoms. The van der Waals surface area contributed by atoms with Crippen LogP contribution in [0.1, 0.15) is 83.4 Å². The van der Waals surface area contributed by atoms with Gasteiger partial charge in [-0.2, -0.15) is 0 Å². The number of unbranched alkanes of at least 4 members (excludes halogenated alkanes) is 5. The second kappa shape index (κ2) is 8.86. The second-order valence-corrected chi connectivity index (χ2v) is 6.18. The quantitative estimate of drug-likeness (QED) is 0.518. The van der Waals surface area contributed by atoms with Crippen LogP contribution >= 0.6 is 0 Å². The van der Waals surface area contributed by atoms with Crippen LogP contribution in [0.4, 0.5) is 0 Å². The van der Waals surface area contributed by atoms with Crippen molar-refractivity contribution >= 4 is 11.0 Å². The third-order valence-corrected chi connectivity index (χ3v) is 4.36. The highest BCUT2D eigenvalue weighted by molar-refractivity contribution is 5.74. The average Bonchev–Trinajstić information content (AvgIpc) is 2.93. The van der Waals surface area contributed by atoms with Gasteiger partial charge in [-0.1, -0.05) is 70.9 Å². The van der Waals surface area contributed by atoms with E-state index < -0.39 is 0 Å². The highest BCUT2D eigenvalue weighted by atomic mass is 14.9. The fourth-order valence-corrected chi connectivity index (χ4v) is 3.03. The number of hydrogen-bond acceptors (Lipinski definition) is 1. The van der Waals surface area contributed by atoms with Crippen LogP contribution in [-0.2, 0) is 0 Å². The van der Waals surface area contributed by atoms with Crippen molar-refractivity contribution in [3.63, 3.8) is 0 Å². The van der Waals surface area contributed by atoms with Crippen LogP contribution in [0.15, 0.2) is 24.3 Å². The minimum absolute atomic E-state index is 0.610. The van der Waals surface area contributed by atoms with Crippen molar-refractivity contribution in [2.45, 2.75) is 77.6 Å². The van der Waals surface area contributed by atoms with Crippen LogP contribution in [0.3, 0.4) is 0 Å². The SMILES string of the molecule is CCCCCCCC(CCCC)c1nc2ccccc2[nH]1. The fourth-order valence-electron chi connectivity index (χ4n) is 3.03. The maximum atomic E-state index is 4.83. The van der Waals surface area contributed by atoms with E-state index in [1.807, 2.05) is 0 Å². The van der Waals surface area contributed by atoms with E-state index >= 15 is 0 Å². The van der Waals surface area contributed by atoms with Crippen LogP contribution in [0.25, 0.3) is 11.0 Å². The fraction of sp³-hybridized carbons (Fsp3) is 0.632. The molecule has 2 rings (SSSR count). The maximum Gasteiger partial charge on any atom is 0.110 e. The summed E-state index contributed by atoms with van der Waals surface area (Å²) in [5.41, 5.74) is 2.29. The number of aromatic nitrogens is 2. The minimum Gasteiger partial charge on any atom is -0.342 e. The van der Waals surface area contributed by atoms with Gasteiger partial charge in [0.05, 0.1) is 11.0 Å². The van der Waals surface area contributed by atoms with Crippen LogP contribution < -0.4 is 0 Å². The number of H-pyrrole nitrogens is 1. The average molecular weight is 286 g/mol. The van der Waals surface area contributed by atoms with Crippen LogP contribution in [-0.4, -0.2) is 9.97 Å². The Balaban J connectivity index is 1.97. The molecule has 0 saturated carbocycles. The molecule has 0 amide bonds. The summed E-state index contributed by atoms with van der Waals surface area (Å²) < 4.78 is 0. The van der Waals surface area contributed by atoms with Gasteiger partial charge in [0.15, 0.2) is 0 Å². The summed E-state index contributed by atoms with van der Waals surface area (Å²) in [6.45, 7) is 4.55. The first-order valence-corrected chi connectivity index (χ1v) is 8.79. The number of nitrogens with one attached hydrogen (secondary N) is 1. The predicted octanol–water partition coefficient (Wildman–Crippen LogP) is 6.20. The van der Waals surface area contributed by atoms with Gasteiger partial charge in [-0.05, 0) is 25.0 Å². The molecule has 2 aromatic rings. The van der Waals surface area contributed by atoms with E-state index in [2.05, 4.69) is 43.1 Å². The Bertz CT molecular complexity index is 482. The van der Waals surface area contributed by atoms with Gasteiger partial charge < -0.3 is 4.98 Å². The van der Waals surface area contributed by atoms with Gasteiger partial charge in [-0.25, -0.2) is 4.98 Å². The van der Waals surface area contributed by atoms with E-state index in [0.29, 0.717) is 5.92 Å².